The van der Waals surface area contributed by atoms with E-state index < -0.39 is 0 Å². The molecule has 16 heavy (non-hydrogen) atoms. The van der Waals surface area contributed by atoms with Gasteiger partial charge in [0, 0.05) is 17.9 Å². The number of aromatic nitrogens is 1. The van der Waals surface area contributed by atoms with E-state index in [9.17, 15) is 0 Å². The van der Waals surface area contributed by atoms with Gasteiger partial charge in [-0.05, 0) is 34.6 Å². The van der Waals surface area contributed by atoms with E-state index in [4.69, 9.17) is 5.73 Å². The summed E-state index contributed by atoms with van der Waals surface area (Å²) in [5, 5.41) is 1.25. The number of fused-ring (bicyclic) bond motifs is 1. The molecule has 1 aromatic heterocycles. The number of hydrogen-bond donors (Lipinski definition) is 1. The maximum atomic E-state index is 5.53. The predicted octanol–water partition coefficient (Wildman–Crippen LogP) is -0.757. The molecule has 0 amide bonds. The van der Waals surface area contributed by atoms with Crippen LogP contribution in [0.15, 0.2) is 41.0 Å². The van der Waals surface area contributed by atoms with E-state index in [-0.39, 0.29) is 17.0 Å². The van der Waals surface area contributed by atoms with E-state index in [0.29, 0.717) is 0 Å². The van der Waals surface area contributed by atoms with E-state index >= 15 is 0 Å². The first-order chi connectivity index (χ1) is 7.31. The first-order valence-electron chi connectivity index (χ1n) is 5.09. The van der Waals surface area contributed by atoms with Crippen LogP contribution in [0.25, 0.3) is 10.9 Å². The molecule has 0 radical (unpaired) electrons. The van der Waals surface area contributed by atoms with Gasteiger partial charge in [0.25, 0.3) is 0 Å². The molecule has 0 saturated carbocycles. The van der Waals surface area contributed by atoms with Crippen LogP contribution in [0.2, 0.25) is 0 Å². The number of hydrogen-bond acceptors (Lipinski definition) is 1. The van der Waals surface area contributed by atoms with E-state index in [0.717, 1.165) is 24.0 Å². The van der Waals surface area contributed by atoms with Gasteiger partial charge in [0.2, 0.25) is 5.52 Å². The average Bonchev–Trinajstić information content (AvgIpc) is 2.25. The van der Waals surface area contributed by atoms with Crippen molar-refractivity contribution in [3.05, 3.63) is 41.0 Å². The third kappa shape index (κ3) is 3.03. The Balaban J connectivity index is 0.00000128. The van der Waals surface area contributed by atoms with Crippen molar-refractivity contribution in [3.8, 4) is 0 Å². The molecule has 0 spiro atoms. The van der Waals surface area contributed by atoms with Crippen LogP contribution >= 0.6 is 15.9 Å². The lowest BCUT2D eigenvalue weighted by molar-refractivity contribution is -0.672. The molecule has 1 aromatic carbocycles. The Bertz CT molecular complexity index is 472. The van der Waals surface area contributed by atoms with E-state index in [1.165, 1.54) is 10.9 Å². The quantitative estimate of drug-likeness (QED) is 0.728. The minimum Gasteiger partial charge on any atom is -1.00 e. The molecule has 0 atom stereocenters. The third-order valence-electron chi connectivity index (χ3n) is 2.42. The maximum Gasteiger partial charge on any atom is 0.212 e. The number of aryl methyl sites for hydroxylation is 1. The van der Waals surface area contributed by atoms with Crippen LogP contribution in [0.1, 0.15) is 6.42 Å². The van der Waals surface area contributed by atoms with Crippen molar-refractivity contribution in [2.24, 2.45) is 5.73 Å². The van der Waals surface area contributed by atoms with Gasteiger partial charge < -0.3 is 22.7 Å². The molecule has 0 saturated heterocycles. The van der Waals surface area contributed by atoms with Gasteiger partial charge in [-0.1, -0.05) is 12.1 Å². The van der Waals surface area contributed by atoms with Crippen molar-refractivity contribution in [2.45, 2.75) is 13.0 Å². The molecule has 0 fully saturated rings. The zero-order valence-electron chi connectivity index (χ0n) is 8.87. The Hall–Kier alpha value is -0.450. The highest BCUT2D eigenvalue weighted by Gasteiger charge is 2.08. The van der Waals surface area contributed by atoms with Crippen LogP contribution in [-0.2, 0) is 6.54 Å². The van der Waals surface area contributed by atoms with E-state index in [1.54, 1.807) is 0 Å². The molecular formula is C12H14Br2N2. The number of pyridine rings is 1. The van der Waals surface area contributed by atoms with Crippen LogP contribution in [-0.4, -0.2) is 6.54 Å². The Kier molecular flexibility index (Phi) is 5.38. The molecule has 2 rings (SSSR count). The van der Waals surface area contributed by atoms with E-state index in [2.05, 4.69) is 57.0 Å². The summed E-state index contributed by atoms with van der Waals surface area (Å²) in [6.07, 6.45) is 3.11. The number of nitrogens with two attached hydrogens (primary N) is 1. The van der Waals surface area contributed by atoms with E-state index in [1.807, 2.05) is 0 Å². The van der Waals surface area contributed by atoms with Crippen molar-refractivity contribution in [3.63, 3.8) is 0 Å². The monoisotopic (exact) mass is 344 g/mol. The molecule has 0 bridgehead atoms. The Morgan fingerprint density at radius 3 is 2.75 bits per heavy atom. The summed E-state index contributed by atoms with van der Waals surface area (Å²) < 4.78 is 3.35. The second-order valence-corrected chi connectivity index (χ2v) is 4.47. The third-order valence-corrected chi connectivity index (χ3v) is 2.86. The Labute approximate surface area is 114 Å². The van der Waals surface area contributed by atoms with Gasteiger partial charge in [0.15, 0.2) is 6.20 Å². The average molecular weight is 346 g/mol. The highest BCUT2D eigenvalue weighted by atomic mass is 79.9. The summed E-state index contributed by atoms with van der Waals surface area (Å²) in [6, 6.07) is 10.5. The van der Waals surface area contributed by atoms with Crippen molar-refractivity contribution < 1.29 is 21.5 Å². The lowest BCUT2D eigenvalue weighted by atomic mass is 10.2. The van der Waals surface area contributed by atoms with Crippen molar-refractivity contribution in [2.75, 3.05) is 6.54 Å². The molecule has 4 heteroatoms. The fourth-order valence-electron chi connectivity index (χ4n) is 1.72. The Morgan fingerprint density at radius 1 is 1.25 bits per heavy atom. The minimum absolute atomic E-state index is 0. The van der Waals surface area contributed by atoms with Gasteiger partial charge >= 0.3 is 0 Å². The molecule has 2 nitrogen and oxygen atoms in total. The molecule has 0 aliphatic rings. The van der Waals surface area contributed by atoms with Gasteiger partial charge in [0.05, 0.1) is 4.47 Å². The Morgan fingerprint density at radius 2 is 2.00 bits per heavy atom. The normalized spacial score (nSPS) is 10.1. The zero-order valence-corrected chi connectivity index (χ0v) is 12.0. The van der Waals surface area contributed by atoms with Crippen LogP contribution in [0.5, 0.6) is 0 Å². The molecule has 0 aliphatic carbocycles. The van der Waals surface area contributed by atoms with Gasteiger partial charge in [-0.15, -0.1) is 0 Å². The molecule has 0 aliphatic heterocycles. The molecular weight excluding hydrogens is 332 g/mol. The van der Waals surface area contributed by atoms with Crippen LogP contribution < -0.4 is 27.3 Å². The van der Waals surface area contributed by atoms with Gasteiger partial charge in [-0.3, -0.25) is 0 Å². The zero-order chi connectivity index (χ0) is 10.7. The number of nitrogens with zero attached hydrogens (tertiary/aromatic N) is 1. The lowest BCUT2D eigenvalue weighted by Gasteiger charge is -2.01. The van der Waals surface area contributed by atoms with Crippen LogP contribution in [0, 0.1) is 0 Å². The highest BCUT2D eigenvalue weighted by Crippen LogP contribution is 2.15. The molecule has 0 unspecified atom stereocenters. The van der Waals surface area contributed by atoms with Gasteiger partial charge in [-0.2, -0.15) is 4.57 Å². The molecule has 2 N–H and O–H groups in total. The summed E-state index contributed by atoms with van der Waals surface area (Å²) >= 11 is 3.52. The number of benzene rings is 1. The first-order valence-corrected chi connectivity index (χ1v) is 5.88. The second kappa shape index (κ2) is 6.33. The maximum absolute atomic E-state index is 5.53. The van der Waals surface area contributed by atoms with Gasteiger partial charge in [0.1, 0.15) is 6.54 Å². The SMILES string of the molecule is NCCC[n+]1cc(Br)cc2ccccc21.[Br-]. The highest BCUT2D eigenvalue weighted by molar-refractivity contribution is 9.10. The van der Waals surface area contributed by atoms with Crippen LogP contribution in [0.4, 0.5) is 0 Å². The number of rotatable bonds is 3. The van der Waals surface area contributed by atoms with Crippen molar-refractivity contribution >= 4 is 26.8 Å². The topological polar surface area (TPSA) is 29.9 Å². The standard InChI is InChI=1S/C12H14BrN2.BrH/c13-11-8-10-4-1-2-5-12(10)15(9-11)7-3-6-14;/h1-2,4-5,8-9H,3,6-7,14H2;1H/q+1;/p-1. The second-order valence-electron chi connectivity index (χ2n) is 3.55. The summed E-state index contributed by atoms with van der Waals surface area (Å²) in [4.78, 5) is 0. The first kappa shape index (κ1) is 13.6. The molecule has 1 heterocycles. The fourth-order valence-corrected chi connectivity index (χ4v) is 2.22. The van der Waals surface area contributed by atoms with Crippen molar-refractivity contribution in [1.29, 1.82) is 0 Å². The lowest BCUT2D eigenvalue weighted by Crippen LogP contribution is -3.00. The van der Waals surface area contributed by atoms with Crippen LogP contribution in [0.3, 0.4) is 0 Å². The molecule has 86 valence electrons. The minimum atomic E-state index is 0. The van der Waals surface area contributed by atoms with Crippen molar-refractivity contribution in [1.82, 2.24) is 0 Å². The summed E-state index contributed by atoms with van der Waals surface area (Å²) in [5.41, 5.74) is 6.79. The summed E-state index contributed by atoms with van der Waals surface area (Å²) in [6.45, 7) is 1.70. The summed E-state index contributed by atoms with van der Waals surface area (Å²) in [7, 11) is 0. The smallest absolute Gasteiger partial charge is 0.212 e. The largest absolute Gasteiger partial charge is 1.00 e. The summed E-state index contributed by atoms with van der Waals surface area (Å²) in [5.74, 6) is 0. The van der Waals surface area contributed by atoms with Gasteiger partial charge in [-0.25, -0.2) is 0 Å². The number of halogens is 2. The number of para-hydroxylation sites is 1. The predicted molar refractivity (Wildman–Crippen MR) is 65.5 cm³/mol. The fraction of sp³-hybridized carbons (Fsp3) is 0.250. The molecule has 2 aromatic rings.